The maximum absolute atomic E-state index is 12.5. The van der Waals surface area contributed by atoms with Crippen LogP contribution in [0.3, 0.4) is 0 Å². The van der Waals surface area contributed by atoms with Gasteiger partial charge in [-0.15, -0.1) is 0 Å². The fourth-order valence-electron chi connectivity index (χ4n) is 2.41. The topological polar surface area (TPSA) is 113 Å². The molecule has 0 saturated heterocycles. The number of hydrogen-bond donors (Lipinski definition) is 3. The Morgan fingerprint density at radius 3 is 2.22 bits per heavy atom. The van der Waals surface area contributed by atoms with Crippen molar-refractivity contribution in [3.05, 3.63) is 64.7 Å². The van der Waals surface area contributed by atoms with E-state index in [1.165, 1.54) is 24.3 Å². The van der Waals surface area contributed by atoms with Crippen LogP contribution in [0.1, 0.15) is 36.6 Å². The molecule has 0 spiro atoms. The number of carbonyl (C=O) groups excluding carboxylic acids is 3. The normalized spacial score (nSPS) is 10.6. The minimum Gasteiger partial charge on any atom is -0.494 e. The fourth-order valence-corrected chi connectivity index (χ4v) is 2.41. The molecule has 0 aliphatic heterocycles. The first-order valence-corrected chi connectivity index (χ1v) is 6.75. The van der Waals surface area contributed by atoms with Gasteiger partial charge in [0.2, 0.25) is 5.91 Å². The molecule has 0 saturated carbocycles. The van der Waals surface area contributed by atoms with Crippen LogP contribution in [0.25, 0.3) is 10.9 Å². The van der Waals surface area contributed by atoms with Crippen molar-refractivity contribution in [2.45, 2.75) is 0 Å². The summed E-state index contributed by atoms with van der Waals surface area (Å²) in [7, 11) is 0. The molecule has 0 radical (unpaired) electrons. The highest BCUT2D eigenvalue weighted by molar-refractivity contribution is 6.12. The SMILES string of the molecule is NC(=O)c1ccc(C(=O)c2ccc3[nH]c(O)c(C=O)c3c2)cc1. The Labute approximate surface area is 130 Å². The molecule has 1 aromatic heterocycles. The van der Waals surface area contributed by atoms with Crippen molar-refractivity contribution in [1.29, 1.82) is 0 Å². The van der Waals surface area contributed by atoms with E-state index in [1.54, 1.807) is 18.2 Å². The quantitative estimate of drug-likeness (QED) is 0.505. The zero-order chi connectivity index (χ0) is 16.6. The van der Waals surface area contributed by atoms with Gasteiger partial charge >= 0.3 is 0 Å². The van der Waals surface area contributed by atoms with E-state index in [2.05, 4.69) is 4.98 Å². The fraction of sp³-hybridized carbons (Fsp3) is 0. The van der Waals surface area contributed by atoms with Gasteiger partial charge in [0.25, 0.3) is 0 Å². The van der Waals surface area contributed by atoms with Gasteiger partial charge in [-0.25, -0.2) is 0 Å². The van der Waals surface area contributed by atoms with Crippen LogP contribution in [0, 0.1) is 0 Å². The van der Waals surface area contributed by atoms with Crippen LogP contribution in [-0.2, 0) is 0 Å². The van der Waals surface area contributed by atoms with E-state index in [9.17, 15) is 19.5 Å². The smallest absolute Gasteiger partial charge is 0.248 e. The summed E-state index contributed by atoms with van der Waals surface area (Å²) in [6, 6.07) is 10.7. The Kier molecular flexibility index (Phi) is 3.42. The average Bonchev–Trinajstić information content (AvgIpc) is 2.88. The number of aromatic hydroxyl groups is 1. The number of nitrogens with two attached hydrogens (primary N) is 1. The van der Waals surface area contributed by atoms with Crippen LogP contribution in [0.4, 0.5) is 0 Å². The molecule has 1 heterocycles. The lowest BCUT2D eigenvalue weighted by atomic mass is 10.00. The molecule has 4 N–H and O–H groups in total. The molecule has 0 unspecified atom stereocenters. The molecular formula is C17H12N2O4. The van der Waals surface area contributed by atoms with Gasteiger partial charge in [0.05, 0.1) is 5.56 Å². The zero-order valence-electron chi connectivity index (χ0n) is 11.9. The van der Waals surface area contributed by atoms with E-state index in [4.69, 9.17) is 5.73 Å². The van der Waals surface area contributed by atoms with Crippen molar-refractivity contribution >= 4 is 28.9 Å². The van der Waals surface area contributed by atoms with E-state index < -0.39 is 5.91 Å². The second-order valence-corrected chi connectivity index (χ2v) is 5.04. The Bertz CT molecular complexity index is 939. The van der Waals surface area contributed by atoms with E-state index in [1.807, 2.05) is 0 Å². The Morgan fingerprint density at radius 2 is 1.61 bits per heavy atom. The lowest BCUT2D eigenvalue weighted by molar-refractivity contribution is 0.0996. The first-order valence-electron chi connectivity index (χ1n) is 6.75. The van der Waals surface area contributed by atoms with Crippen LogP contribution < -0.4 is 5.73 Å². The van der Waals surface area contributed by atoms with Crippen molar-refractivity contribution in [2.75, 3.05) is 0 Å². The number of nitrogens with one attached hydrogen (secondary N) is 1. The predicted molar refractivity (Wildman–Crippen MR) is 83.7 cm³/mol. The van der Waals surface area contributed by atoms with Crippen molar-refractivity contribution in [3.8, 4) is 5.88 Å². The summed E-state index contributed by atoms with van der Waals surface area (Å²) >= 11 is 0. The number of aromatic nitrogens is 1. The molecule has 0 fully saturated rings. The maximum Gasteiger partial charge on any atom is 0.248 e. The third-order valence-corrected chi connectivity index (χ3v) is 3.63. The van der Waals surface area contributed by atoms with Gasteiger partial charge in [0, 0.05) is 27.6 Å². The Hall–Kier alpha value is -3.41. The van der Waals surface area contributed by atoms with Crippen LogP contribution in [0.5, 0.6) is 5.88 Å². The predicted octanol–water partition coefficient (Wildman–Crippen LogP) is 2.02. The highest BCUT2D eigenvalue weighted by atomic mass is 16.3. The second-order valence-electron chi connectivity index (χ2n) is 5.04. The molecule has 0 aliphatic rings. The molecule has 3 rings (SSSR count). The first-order chi connectivity index (χ1) is 11.0. The van der Waals surface area contributed by atoms with Crippen LogP contribution in [0.2, 0.25) is 0 Å². The van der Waals surface area contributed by atoms with Crippen LogP contribution in [0.15, 0.2) is 42.5 Å². The number of primary amides is 1. The number of benzene rings is 2. The van der Waals surface area contributed by atoms with Gasteiger partial charge in [0.15, 0.2) is 17.9 Å². The summed E-state index contributed by atoms with van der Waals surface area (Å²) in [5.74, 6) is -1.06. The third kappa shape index (κ3) is 2.46. The standard InChI is InChI=1S/C17H12N2O4/c18-16(22)10-3-1-9(2-4-10)15(21)11-5-6-14-12(7-11)13(8-20)17(23)19-14/h1-8,19,23H,(H2,18,22). The highest BCUT2D eigenvalue weighted by Gasteiger charge is 2.14. The van der Waals surface area contributed by atoms with E-state index in [0.717, 1.165) is 0 Å². The molecule has 6 heteroatoms. The molecule has 0 aliphatic carbocycles. The van der Waals surface area contributed by atoms with Gasteiger partial charge in [0.1, 0.15) is 0 Å². The zero-order valence-corrected chi connectivity index (χ0v) is 11.9. The number of H-pyrrole nitrogens is 1. The van der Waals surface area contributed by atoms with E-state index in [0.29, 0.717) is 33.9 Å². The Balaban J connectivity index is 2.03. The van der Waals surface area contributed by atoms with Crippen LogP contribution >= 0.6 is 0 Å². The number of amides is 1. The first kappa shape index (κ1) is 14.5. The summed E-state index contributed by atoms with van der Waals surface area (Å²) in [6.07, 6.45) is 0.532. The molecule has 6 nitrogen and oxygen atoms in total. The molecule has 23 heavy (non-hydrogen) atoms. The number of ketones is 1. The molecule has 2 aromatic carbocycles. The van der Waals surface area contributed by atoms with Gasteiger partial charge in [-0.2, -0.15) is 0 Å². The second kappa shape index (κ2) is 5.42. The van der Waals surface area contributed by atoms with Gasteiger partial charge in [-0.1, -0.05) is 12.1 Å². The Morgan fingerprint density at radius 1 is 1.00 bits per heavy atom. The monoisotopic (exact) mass is 308 g/mol. The highest BCUT2D eigenvalue weighted by Crippen LogP contribution is 2.27. The average molecular weight is 308 g/mol. The molecule has 3 aromatic rings. The molecular weight excluding hydrogens is 296 g/mol. The summed E-state index contributed by atoms with van der Waals surface area (Å²) in [5, 5.41) is 10.1. The van der Waals surface area contributed by atoms with Crippen molar-refractivity contribution < 1.29 is 19.5 Å². The van der Waals surface area contributed by atoms with Crippen molar-refractivity contribution in [2.24, 2.45) is 5.73 Å². The number of fused-ring (bicyclic) bond motifs is 1. The lowest BCUT2D eigenvalue weighted by Crippen LogP contribution is -2.11. The number of aromatic amines is 1. The van der Waals surface area contributed by atoms with Crippen molar-refractivity contribution in [1.82, 2.24) is 4.98 Å². The largest absolute Gasteiger partial charge is 0.494 e. The molecule has 114 valence electrons. The number of aldehydes is 1. The van der Waals surface area contributed by atoms with Gasteiger partial charge in [-0.3, -0.25) is 14.4 Å². The van der Waals surface area contributed by atoms with Crippen molar-refractivity contribution in [3.63, 3.8) is 0 Å². The van der Waals surface area contributed by atoms with Crippen LogP contribution in [-0.4, -0.2) is 28.1 Å². The van der Waals surface area contributed by atoms with Gasteiger partial charge < -0.3 is 15.8 Å². The molecule has 0 atom stereocenters. The summed E-state index contributed by atoms with van der Waals surface area (Å²) in [5.41, 5.74) is 6.91. The lowest BCUT2D eigenvalue weighted by Gasteiger charge is -2.03. The third-order valence-electron chi connectivity index (χ3n) is 3.63. The van der Waals surface area contributed by atoms with Gasteiger partial charge in [-0.05, 0) is 30.3 Å². The number of carbonyl (C=O) groups is 3. The minimum absolute atomic E-state index is 0.110. The molecule has 0 bridgehead atoms. The number of hydrogen-bond acceptors (Lipinski definition) is 4. The minimum atomic E-state index is -0.566. The maximum atomic E-state index is 12.5. The summed E-state index contributed by atoms with van der Waals surface area (Å²) in [4.78, 5) is 37.3. The summed E-state index contributed by atoms with van der Waals surface area (Å²) < 4.78 is 0. The summed E-state index contributed by atoms with van der Waals surface area (Å²) in [6.45, 7) is 0. The number of rotatable bonds is 4. The van der Waals surface area contributed by atoms with E-state index in [-0.39, 0.29) is 17.2 Å². The molecule has 1 amide bonds. The van der Waals surface area contributed by atoms with E-state index >= 15 is 0 Å².